The first-order valence-corrected chi connectivity index (χ1v) is 9.71. The Morgan fingerprint density at radius 2 is 1.93 bits per heavy atom. The van der Waals surface area contributed by atoms with Crippen molar-refractivity contribution in [3.8, 4) is 0 Å². The first-order valence-electron chi connectivity index (χ1n) is 9.71. The van der Waals surface area contributed by atoms with Gasteiger partial charge >= 0.3 is 0 Å². The van der Waals surface area contributed by atoms with E-state index in [2.05, 4.69) is 58.6 Å². The summed E-state index contributed by atoms with van der Waals surface area (Å²) in [5, 5.41) is 4.39. The van der Waals surface area contributed by atoms with Crippen molar-refractivity contribution in [1.82, 2.24) is 15.2 Å². The van der Waals surface area contributed by atoms with Gasteiger partial charge in [0.05, 0.1) is 0 Å². The molecule has 0 bridgehead atoms. The topological polar surface area (TPSA) is 48.1 Å². The van der Waals surface area contributed by atoms with E-state index < -0.39 is 0 Å². The van der Waals surface area contributed by atoms with E-state index in [4.69, 9.17) is 0 Å². The largest absolute Gasteiger partial charge is 0.361 e. The number of carbonyl (C=O) groups excluding carboxylic acids is 1. The molecular weight excluding hydrogens is 334 g/mol. The molecule has 2 aromatic carbocycles. The van der Waals surface area contributed by atoms with Crippen LogP contribution in [-0.2, 0) is 24.2 Å². The summed E-state index contributed by atoms with van der Waals surface area (Å²) >= 11 is 0. The molecule has 1 aliphatic rings. The van der Waals surface area contributed by atoms with Crippen molar-refractivity contribution in [2.75, 3.05) is 13.6 Å². The number of rotatable bonds is 5. The lowest BCUT2D eigenvalue weighted by atomic mass is 9.94. The lowest BCUT2D eigenvalue weighted by molar-refractivity contribution is -0.124. The number of amides is 1. The number of hydrogen-bond acceptors (Lipinski definition) is 2. The fraction of sp³-hybridized carbons (Fsp3) is 0.348. The number of carbonyl (C=O) groups is 1. The Morgan fingerprint density at radius 1 is 1.19 bits per heavy atom. The zero-order valence-corrected chi connectivity index (χ0v) is 16.0. The van der Waals surface area contributed by atoms with E-state index in [0.717, 1.165) is 24.9 Å². The second-order valence-electron chi connectivity index (χ2n) is 7.75. The maximum atomic E-state index is 12.7. The summed E-state index contributed by atoms with van der Waals surface area (Å²) in [4.78, 5) is 18.3. The molecule has 0 radical (unpaired) electrons. The second-order valence-corrected chi connectivity index (χ2v) is 7.75. The van der Waals surface area contributed by atoms with Crippen molar-refractivity contribution in [3.63, 3.8) is 0 Å². The number of nitrogens with one attached hydrogen (secondary N) is 2. The highest BCUT2D eigenvalue weighted by Gasteiger charge is 2.24. The minimum atomic E-state index is -0.0506. The van der Waals surface area contributed by atoms with Crippen molar-refractivity contribution >= 4 is 16.8 Å². The highest BCUT2D eigenvalue weighted by molar-refractivity contribution is 5.84. The molecule has 2 N–H and O–H groups in total. The predicted molar refractivity (Wildman–Crippen MR) is 110 cm³/mol. The van der Waals surface area contributed by atoms with Crippen LogP contribution in [0.1, 0.15) is 23.6 Å². The van der Waals surface area contributed by atoms with Gasteiger partial charge in [0, 0.05) is 42.1 Å². The van der Waals surface area contributed by atoms with Crippen molar-refractivity contribution in [2.24, 2.45) is 5.92 Å². The molecule has 1 aliphatic heterocycles. The van der Waals surface area contributed by atoms with E-state index in [-0.39, 0.29) is 11.8 Å². The molecule has 2 atom stereocenters. The van der Waals surface area contributed by atoms with Gasteiger partial charge in [-0.2, -0.15) is 0 Å². The van der Waals surface area contributed by atoms with Gasteiger partial charge in [-0.3, -0.25) is 9.69 Å². The highest BCUT2D eigenvalue weighted by atomic mass is 16.1. The Bertz CT molecular complexity index is 945. The summed E-state index contributed by atoms with van der Waals surface area (Å²) in [5.74, 6) is 0.0814. The minimum absolute atomic E-state index is 0.0506. The average Bonchev–Trinajstić information content (AvgIpc) is 3.09. The van der Waals surface area contributed by atoms with Gasteiger partial charge in [0.25, 0.3) is 0 Å². The summed E-state index contributed by atoms with van der Waals surface area (Å²) < 4.78 is 0. The SMILES string of the molecule is CC(Cc1c[nH]c2ccccc12)C(=O)NCC1Cc2ccccc2CN1C. The first kappa shape index (κ1) is 17.8. The number of para-hydroxylation sites is 1. The minimum Gasteiger partial charge on any atom is -0.361 e. The van der Waals surface area contributed by atoms with Gasteiger partial charge in [0.15, 0.2) is 0 Å². The number of likely N-dealkylation sites (N-methyl/N-ethyl adjacent to an activating group) is 1. The number of aromatic nitrogens is 1. The second kappa shape index (κ2) is 7.57. The molecule has 4 rings (SSSR count). The maximum Gasteiger partial charge on any atom is 0.223 e. The van der Waals surface area contributed by atoms with Crippen LogP contribution in [0.4, 0.5) is 0 Å². The fourth-order valence-electron chi connectivity index (χ4n) is 4.06. The monoisotopic (exact) mass is 361 g/mol. The van der Waals surface area contributed by atoms with Crippen molar-refractivity contribution in [2.45, 2.75) is 32.4 Å². The molecule has 1 amide bonds. The van der Waals surface area contributed by atoms with Gasteiger partial charge in [-0.1, -0.05) is 49.4 Å². The Balaban J connectivity index is 1.35. The number of nitrogens with zero attached hydrogens (tertiary/aromatic N) is 1. The lowest BCUT2D eigenvalue weighted by Gasteiger charge is -2.34. The maximum absolute atomic E-state index is 12.7. The van der Waals surface area contributed by atoms with Gasteiger partial charge in [-0.15, -0.1) is 0 Å². The van der Waals surface area contributed by atoms with Gasteiger partial charge in [0.2, 0.25) is 5.91 Å². The molecule has 2 unspecified atom stereocenters. The summed E-state index contributed by atoms with van der Waals surface area (Å²) in [6, 6.07) is 17.2. The van der Waals surface area contributed by atoms with E-state index >= 15 is 0 Å². The van der Waals surface area contributed by atoms with Crippen LogP contribution in [0.5, 0.6) is 0 Å². The molecule has 2 heterocycles. The molecule has 140 valence electrons. The van der Waals surface area contributed by atoms with Crippen LogP contribution in [0, 0.1) is 5.92 Å². The zero-order valence-electron chi connectivity index (χ0n) is 16.0. The summed E-state index contributed by atoms with van der Waals surface area (Å²) in [6.45, 7) is 3.65. The predicted octanol–water partition coefficient (Wildman–Crippen LogP) is 3.52. The van der Waals surface area contributed by atoms with Crippen molar-refractivity contribution < 1.29 is 4.79 Å². The summed E-state index contributed by atoms with van der Waals surface area (Å²) in [5.41, 5.74) is 5.14. The Hall–Kier alpha value is -2.59. The summed E-state index contributed by atoms with van der Waals surface area (Å²) in [6.07, 6.45) is 3.77. The molecule has 4 nitrogen and oxygen atoms in total. The van der Waals surface area contributed by atoms with Crippen molar-refractivity contribution in [1.29, 1.82) is 0 Å². The van der Waals surface area contributed by atoms with Crippen LogP contribution in [0.3, 0.4) is 0 Å². The molecule has 27 heavy (non-hydrogen) atoms. The molecule has 0 saturated carbocycles. The standard InChI is InChI=1S/C23H27N3O/c1-16(11-19-13-24-22-10-6-5-9-21(19)22)23(27)25-14-20-12-17-7-3-4-8-18(17)15-26(20)2/h3-10,13,16,20,24H,11-12,14-15H2,1-2H3,(H,25,27). The number of benzene rings is 2. The zero-order chi connectivity index (χ0) is 18.8. The Morgan fingerprint density at radius 3 is 2.78 bits per heavy atom. The smallest absolute Gasteiger partial charge is 0.223 e. The van der Waals surface area contributed by atoms with E-state index in [0.29, 0.717) is 12.6 Å². The van der Waals surface area contributed by atoms with Crippen LogP contribution in [0.25, 0.3) is 10.9 Å². The molecule has 3 aromatic rings. The Labute approximate surface area is 160 Å². The van der Waals surface area contributed by atoms with E-state index in [1.54, 1.807) is 0 Å². The number of hydrogen-bond donors (Lipinski definition) is 2. The molecule has 4 heteroatoms. The third-order valence-corrected chi connectivity index (χ3v) is 5.78. The number of fused-ring (bicyclic) bond motifs is 2. The van der Waals surface area contributed by atoms with Crippen LogP contribution in [0.2, 0.25) is 0 Å². The molecule has 0 spiro atoms. The average molecular weight is 361 g/mol. The van der Waals surface area contributed by atoms with Gasteiger partial charge in [0.1, 0.15) is 0 Å². The summed E-state index contributed by atoms with van der Waals surface area (Å²) in [7, 11) is 2.14. The van der Waals surface area contributed by atoms with Gasteiger partial charge in [-0.05, 0) is 42.6 Å². The molecule has 0 aliphatic carbocycles. The van der Waals surface area contributed by atoms with Crippen LogP contribution in [-0.4, -0.2) is 35.4 Å². The van der Waals surface area contributed by atoms with Gasteiger partial charge in [-0.25, -0.2) is 0 Å². The molecule has 0 fully saturated rings. The normalized spacial score (nSPS) is 18.2. The molecule has 0 saturated heterocycles. The quantitative estimate of drug-likeness (QED) is 0.730. The van der Waals surface area contributed by atoms with E-state index in [1.165, 1.54) is 22.1 Å². The van der Waals surface area contributed by atoms with Crippen LogP contribution in [0.15, 0.2) is 54.7 Å². The highest BCUT2D eigenvalue weighted by Crippen LogP contribution is 2.22. The lowest BCUT2D eigenvalue weighted by Crippen LogP contribution is -2.46. The molecule has 1 aromatic heterocycles. The molecular formula is C23H27N3O. The first-order chi connectivity index (χ1) is 13.1. The number of H-pyrrole nitrogens is 1. The van der Waals surface area contributed by atoms with Crippen LogP contribution >= 0.6 is 0 Å². The van der Waals surface area contributed by atoms with Crippen LogP contribution < -0.4 is 5.32 Å². The Kier molecular flexibility index (Phi) is 4.99. The third-order valence-electron chi connectivity index (χ3n) is 5.78. The fourth-order valence-corrected chi connectivity index (χ4v) is 4.06. The van der Waals surface area contributed by atoms with E-state index in [9.17, 15) is 4.79 Å². The van der Waals surface area contributed by atoms with Gasteiger partial charge < -0.3 is 10.3 Å². The third kappa shape index (κ3) is 3.76. The number of aromatic amines is 1. The van der Waals surface area contributed by atoms with Crippen molar-refractivity contribution in [3.05, 3.63) is 71.4 Å². The van der Waals surface area contributed by atoms with E-state index in [1.807, 2.05) is 25.3 Å².